The predicted octanol–water partition coefficient (Wildman–Crippen LogP) is 2.88. The molecule has 1 atom stereocenters. The van der Waals surface area contributed by atoms with Crippen LogP contribution in [0.15, 0.2) is 53.4 Å². The maximum Gasteiger partial charge on any atom is 0.411 e. The molecule has 0 unspecified atom stereocenters. The standard InChI is InChI=1S/C19H21N3O5S/c1-3-13-11-15(9-10-16(13)21-19(24)27-2)28(25,26)22-12-17(20-18(22)23)14-7-5-4-6-8-14/h4-11,17H,3,12H2,1-2H3,(H,20,23)(H,21,24)/t17-/m1/s1. The van der Waals surface area contributed by atoms with E-state index in [4.69, 9.17) is 0 Å². The third-order valence-electron chi connectivity index (χ3n) is 4.54. The first-order chi connectivity index (χ1) is 13.4. The summed E-state index contributed by atoms with van der Waals surface area (Å²) in [6.07, 6.45) is -0.156. The fourth-order valence-corrected chi connectivity index (χ4v) is 4.43. The molecule has 0 aromatic heterocycles. The minimum atomic E-state index is -4.03. The summed E-state index contributed by atoms with van der Waals surface area (Å²) in [6.45, 7) is 1.84. The number of rotatable bonds is 5. The van der Waals surface area contributed by atoms with E-state index in [0.29, 0.717) is 17.7 Å². The Morgan fingerprint density at radius 2 is 1.96 bits per heavy atom. The van der Waals surface area contributed by atoms with Gasteiger partial charge < -0.3 is 10.1 Å². The predicted molar refractivity (Wildman–Crippen MR) is 103 cm³/mol. The number of sulfonamides is 1. The zero-order chi connectivity index (χ0) is 20.3. The lowest BCUT2D eigenvalue weighted by atomic mass is 10.1. The number of carbonyl (C=O) groups excluding carboxylic acids is 2. The number of methoxy groups -OCH3 is 1. The Balaban J connectivity index is 1.88. The maximum absolute atomic E-state index is 13.0. The van der Waals surface area contributed by atoms with Gasteiger partial charge in [-0.1, -0.05) is 37.3 Å². The third kappa shape index (κ3) is 3.79. The number of aryl methyl sites for hydroxylation is 1. The van der Waals surface area contributed by atoms with Crippen LogP contribution in [0.5, 0.6) is 0 Å². The van der Waals surface area contributed by atoms with Crippen molar-refractivity contribution >= 4 is 27.8 Å². The van der Waals surface area contributed by atoms with Crippen molar-refractivity contribution in [2.24, 2.45) is 0 Å². The van der Waals surface area contributed by atoms with Crippen LogP contribution in [0.4, 0.5) is 15.3 Å². The van der Waals surface area contributed by atoms with Crippen LogP contribution in [0.25, 0.3) is 0 Å². The number of amides is 3. The average molecular weight is 403 g/mol. The van der Waals surface area contributed by atoms with Crippen LogP contribution in [0.1, 0.15) is 24.1 Å². The van der Waals surface area contributed by atoms with Gasteiger partial charge in [-0.05, 0) is 35.7 Å². The largest absolute Gasteiger partial charge is 0.453 e. The molecule has 0 spiro atoms. The topological polar surface area (TPSA) is 105 Å². The zero-order valence-corrected chi connectivity index (χ0v) is 16.3. The number of hydrogen-bond acceptors (Lipinski definition) is 5. The van der Waals surface area contributed by atoms with Crippen molar-refractivity contribution in [2.75, 3.05) is 19.0 Å². The molecule has 2 aromatic carbocycles. The molecule has 1 fully saturated rings. The lowest BCUT2D eigenvalue weighted by Crippen LogP contribution is -2.34. The molecule has 148 valence electrons. The van der Waals surface area contributed by atoms with Crippen molar-refractivity contribution < 1.29 is 22.7 Å². The highest BCUT2D eigenvalue weighted by atomic mass is 32.2. The van der Waals surface area contributed by atoms with E-state index in [2.05, 4.69) is 15.4 Å². The molecule has 2 N–H and O–H groups in total. The summed E-state index contributed by atoms with van der Waals surface area (Å²) in [5.41, 5.74) is 1.91. The zero-order valence-electron chi connectivity index (χ0n) is 15.5. The number of carbonyl (C=O) groups is 2. The number of anilines is 1. The summed E-state index contributed by atoms with van der Waals surface area (Å²) in [5, 5.41) is 5.25. The number of ether oxygens (including phenoxy) is 1. The molecule has 8 nitrogen and oxygen atoms in total. The van der Waals surface area contributed by atoms with Gasteiger partial charge in [0.1, 0.15) is 0 Å². The number of nitrogens with one attached hydrogen (secondary N) is 2. The molecule has 0 radical (unpaired) electrons. The van der Waals surface area contributed by atoms with Gasteiger partial charge in [0.25, 0.3) is 10.0 Å². The lowest BCUT2D eigenvalue weighted by molar-refractivity contribution is 0.187. The minimum absolute atomic E-state index is 0.00873. The van der Waals surface area contributed by atoms with E-state index >= 15 is 0 Å². The van der Waals surface area contributed by atoms with E-state index in [1.807, 2.05) is 37.3 Å². The van der Waals surface area contributed by atoms with E-state index in [1.165, 1.54) is 25.3 Å². The van der Waals surface area contributed by atoms with E-state index in [9.17, 15) is 18.0 Å². The highest BCUT2D eigenvalue weighted by molar-refractivity contribution is 7.89. The van der Waals surface area contributed by atoms with Gasteiger partial charge in [0.15, 0.2) is 0 Å². The third-order valence-corrected chi connectivity index (χ3v) is 6.29. The molecule has 0 saturated carbocycles. The number of nitrogens with zero attached hydrogens (tertiary/aromatic N) is 1. The van der Waals surface area contributed by atoms with Crippen LogP contribution in [-0.4, -0.2) is 38.5 Å². The van der Waals surface area contributed by atoms with E-state index < -0.39 is 28.2 Å². The highest BCUT2D eigenvalue weighted by Crippen LogP contribution is 2.28. The van der Waals surface area contributed by atoms with Crippen LogP contribution in [0.2, 0.25) is 0 Å². The minimum Gasteiger partial charge on any atom is -0.453 e. The Bertz CT molecular complexity index is 992. The van der Waals surface area contributed by atoms with Crippen LogP contribution in [-0.2, 0) is 21.2 Å². The Morgan fingerprint density at radius 1 is 1.25 bits per heavy atom. The monoisotopic (exact) mass is 403 g/mol. The molecule has 0 aliphatic carbocycles. The SMILES string of the molecule is CCc1cc(S(=O)(=O)N2C[C@H](c3ccccc3)NC2=O)ccc1NC(=O)OC. The van der Waals surface area contributed by atoms with Crippen molar-refractivity contribution in [2.45, 2.75) is 24.3 Å². The molecule has 9 heteroatoms. The Labute approximate surface area is 163 Å². The molecule has 1 saturated heterocycles. The van der Waals surface area contributed by atoms with Crippen LogP contribution in [0.3, 0.4) is 0 Å². The van der Waals surface area contributed by atoms with Gasteiger partial charge in [0, 0.05) is 5.69 Å². The first kappa shape index (κ1) is 19.7. The molecular weight excluding hydrogens is 382 g/mol. The average Bonchev–Trinajstić information content (AvgIpc) is 3.11. The lowest BCUT2D eigenvalue weighted by Gasteiger charge is -2.17. The Kier molecular flexibility index (Phi) is 5.55. The van der Waals surface area contributed by atoms with Crippen LogP contribution in [0, 0.1) is 0 Å². The van der Waals surface area contributed by atoms with Crippen molar-refractivity contribution in [3.63, 3.8) is 0 Å². The van der Waals surface area contributed by atoms with Gasteiger partial charge >= 0.3 is 12.1 Å². The summed E-state index contributed by atoms with van der Waals surface area (Å²) >= 11 is 0. The quantitative estimate of drug-likeness (QED) is 0.799. The Morgan fingerprint density at radius 3 is 2.61 bits per heavy atom. The van der Waals surface area contributed by atoms with Gasteiger partial charge in [0.2, 0.25) is 0 Å². The summed E-state index contributed by atoms with van der Waals surface area (Å²) in [5.74, 6) is 0. The second kappa shape index (κ2) is 7.89. The molecule has 1 aliphatic rings. The fourth-order valence-electron chi connectivity index (χ4n) is 3.03. The fraction of sp³-hybridized carbons (Fsp3) is 0.263. The molecular formula is C19H21N3O5S. The van der Waals surface area contributed by atoms with E-state index in [0.717, 1.165) is 9.87 Å². The molecule has 3 rings (SSSR count). The number of urea groups is 1. The van der Waals surface area contributed by atoms with Gasteiger partial charge in [-0.2, -0.15) is 0 Å². The number of hydrogen-bond donors (Lipinski definition) is 2. The maximum atomic E-state index is 13.0. The molecule has 0 bridgehead atoms. The van der Waals surface area contributed by atoms with Crippen molar-refractivity contribution in [1.82, 2.24) is 9.62 Å². The summed E-state index contributed by atoms with van der Waals surface area (Å²) < 4.78 is 31.5. The van der Waals surface area contributed by atoms with Gasteiger partial charge in [-0.3, -0.25) is 5.32 Å². The van der Waals surface area contributed by atoms with E-state index in [1.54, 1.807) is 0 Å². The molecule has 1 aliphatic heterocycles. The van der Waals surface area contributed by atoms with Crippen molar-refractivity contribution in [1.29, 1.82) is 0 Å². The van der Waals surface area contributed by atoms with Crippen molar-refractivity contribution in [3.8, 4) is 0 Å². The van der Waals surface area contributed by atoms with Gasteiger partial charge in [-0.15, -0.1) is 0 Å². The molecule has 2 aromatic rings. The first-order valence-electron chi connectivity index (χ1n) is 8.73. The second-order valence-electron chi connectivity index (χ2n) is 6.24. The summed E-state index contributed by atoms with van der Waals surface area (Å²) in [6, 6.07) is 12.4. The van der Waals surface area contributed by atoms with Gasteiger partial charge in [-0.25, -0.2) is 22.3 Å². The summed E-state index contributed by atoms with van der Waals surface area (Å²) in [7, 11) is -2.79. The van der Waals surface area contributed by atoms with E-state index in [-0.39, 0.29) is 11.4 Å². The smallest absolute Gasteiger partial charge is 0.411 e. The second-order valence-corrected chi connectivity index (χ2v) is 8.10. The molecule has 1 heterocycles. The summed E-state index contributed by atoms with van der Waals surface area (Å²) in [4.78, 5) is 23.8. The van der Waals surface area contributed by atoms with Crippen LogP contribution >= 0.6 is 0 Å². The molecule has 3 amide bonds. The van der Waals surface area contributed by atoms with Crippen LogP contribution < -0.4 is 10.6 Å². The van der Waals surface area contributed by atoms with Gasteiger partial charge in [0.05, 0.1) is 24.6 Å². The highest BCUT2D eigenvalue weighted by Gasteiger charge is 2.38. The normalized spacial score (nSPS) is 16.6. The van der Waals surface area contributed by atoms with Crippen molar-refractivity contribution in [3.05, 3.63) is 59.7 Å². The molecule has 28 heavy (non-hydrogen) atoms. The first-order valence-corrected chi connectivity index (χ1v) is 10.2. The number of benzene rings is 2. The Hall–Kier alpha value is -3.07.